The zero-order valence-electron chi connectivity index (χ0n) is 17.1. The number of carbonyl (C=O) groups is 1. The summed E-state index contributed by atoms with van der Waals surface area (Å²) in [5, 5.41) is 11.5. The third-order valence-corrected chi connectivity index (χ3v) is 5.81. The second-order valence-corrected chi connectivity index (χ2v) is 7.91. The molecule has 1 aromatic heterocycles. The Balaban J connectivity index is 1.82. The van der Waals surface area contributed by atoms with Crippen LogP contribution in [0.4, 0.5) is 18.9 Å². The lowest BCUT2D eigenvalue weighted by Gasteiger charge is -2.41. The first-order valence-electron chi connectivity index (χ1n) is 9.65. The number of rotatable bonds is 6. The molecular weight excluding hydrogens is 437 g/mol. The van der Waals surface area contributed by atoms with E-state index in [1.165, 1.54) is 13.2 Å². The van der Waals surface area contributed by atoms with Gasteiger partial charge in [0.1, 0.15) is 5.92 Å². The van der Waals surface area contributed by atoms with Crippen LogP contribution in [0, 0.1) is 5.92 Å². The zero-order chi connectivity index (χ0) is 22.8. The number of anilines is 1. The van der Waals surface area contributed by atoms with Crippen LogP contribution in [0.1, 0.15) is 5.82 Å². The first-order valence-corrected chi connectivity index (χ1v) is 10.0. The predicted octanol–water partition coefficient (Wildman–Crippen LogP) is 2.43. The van der Waals surface area contributed by atoms with Gasteiger partial charge in [-0.25, -0.2) is 4.98 Å². The second kappa shape index (κ2) is 9.05. The Morgan fingerprint density at radius 3 is 2.48 bits per heavy atom. The molecule has 2 atom stereocenters. The van der Waals surface area contributed by atoms with E-state index in [2.05, 4.69) is 14.6 Å². The number of hydrogen-bond acceptors (Lipinski definition) is 6. The summed E-state index contributed by atoms with van der Waals surface area (Å²) in [5.74, 6) is -3.72. The molecule has 0 aliphatic carbocycles. The van der Waals surface area contributed by atoms with Crippen molar-refractivity contribution in [1.82, 2.24) is 14.5 Å². The van der Waals surface area contributed by atoms with Crippen molar-refractivity contribution in [1.29, 1.82) is 0 Å². The van der Waals surface area contributed by atoms with Gasteiger partial charge in [0.2, 0.25) is 5.60 Å². The number of hydrogen-bond donors (Lipinski definition) is 1. The highest BCUT2D eigenvalue weighted by Crippen LogP contribution is 2.44. The van der Waals surface area contributed by atoms with E-state index in [1.807, 2.05) is 18.2 Å². The summed E-state index contributed by atoms with van der Waals surface area (Å²) < 4.78 is 48.1. The van der Waals surface area contributed by atoms with Crippen LogP contribution in [-0.4, -0.2) is 71.5 Å². The molecule has 1 aliphatic rings. The minimum atomic E-state index is -5.15. The Kier molecular flexibility index (Phi) is 6.82. The number of esters is 1. The maximum atomic E-state index is 14.1. The number of aliphatic hydroxyl groups is 1. The van der Waals surface area contributed by atoms with Gasteiger partial charge in [0.15, 0.2) is 5.82 Å². The van der Waals surface area contributed by atoms with Crippen LogP contribution in [0.2, 0.25) is 5.02 Å². The monoisotopic (exact) mass is 460 g/mol. The number of ether oxygens (including phenoxy) is 1. The summed E-state index contributed by atoms with van der Waals surface area (Å²) in [4.78, 5) is 19.9. The van der Waals surface area contributed by atoms with E-state index in [1.54, 1.807) is 11.0 Å². The lowest BCUT2D eigenvalue weighted by molar-refractivity contribution is -0.291. The number of piperazine rings is 1. The largest absolute Gasteiger partial charge is 0.469 e. The zero-order valence-corrected chi connectivity index (χ0v) is 17.9. The molecule has 0 amide bonds. The number of imidazole rings is 1. The Morgan fingerprint density at radius 1 is 1.29 bits per heavy atom. The Hall–Kier alpha value is -2.30. The van der Waals surface area contributed by atoms with E-state index in [0.717, 1.165) is 23.6 Å². The van der Waals surface area contributed by atoms with Crippen molar-refractivity contribution in [3.8, 4) is 0 Å². The minimum absolute atomic E-state index is 0.334. The average molecular weight is 461 g/mol. The van der Waals surface area contributed by atoms with Crippen LogP contribution < -0.4 is 4.90 Å². The summed E-state index contributed by atoms with van der Waals surface area (Å²) >= 11 is 6.04. The van der Waals surface area contributed by atoms with Gasteiger partial charge in [0.25, 0.3) is 0 Å². The predicted molar refractivity (Wildman–Crippen MR) is 109 cm³/mol. The third-order valence-electron chi connectivity index (χ3n) is 5.57. The molecule has 1 aliphatic heterocycles. The highest BCUT2D eigenvalue weighted by molar-refractivity contribution is 6.30. The van der Waals surface area contributed by atoms with Crippen LogP contribution in [0.3, 0.4) is 0 Å². The van der Waals surface area contributed by atoms with Gasteiger partial charge in [0.05, 0.1) is 7.11 Å². The molecule has 7 nitrogen and oxygen atoms in total. The van der Waals surface area contributed by atoms with E-state index in [0.29, 0.717) is 31.2 Å². The fourth-order valence-electron chi connectivity index (χ4n) is 3.85. The van der Waals surface area contributed by atoms with Crippen LogP contribution in [0.25, 0.3) is 0 Å². The molecule has 0 bridgehead atoms. The number of alkyl halides is 3. The average Bonchev–Trinajstić information content (AvgIpc) is 3.17. The van der Waals surface area contributed by atoms with E-state index < -0.39 is 29.5 Å². The molecule has 2 aromatic rings. The minimum Gasteiger partial charge on any atom is -0.469 e. The molecule has 170 valence electrons. The molecule has 1 fully saturated rings. The van der Waals surface area contributed by atoms with Crippen molar-refractivity contribution in [3.63, 3.8) is 0 Å². The van der Waals surface area contributed by atoms with Crippen molar-refractivity contribution in [3.05, 3.63) is 47.5 Å². The normalized spacial score (nSPS) is 18.5. The molecule has 3 rings (SSSR count). The van der Waals surface area contributed by atoms with Crippen LogP contribution >= 0.6 is 11.6 Å². The van der Waals surface area contributed by atoms with Crippen molar-refractivity contribution >= 4 is 23.3 Å². The van der Waals surface area contributed by atoms with Gasteiger partial charge in [-0.3, -0.25) is 9.69 Å². The first-order chi connectivity index (χ1) is 14.6. The maximum Gasteiger partial charge on any atom is 0.425 e. The van der Waals surface area contributed by atoms with Crippen LogP contribution in [0.5, 0.6) is 0 Å². The first kappa shape index (κ1) is 23.4. The van der Waals surface area contributed by atoms with Gasteiger partial charge < -0.3 is 19.3 Å². The number of methoxy groups -OCH3 is 1. The smallest absolute Gasteiger partial charge is 0.425 e. The Labute approximate surface area is 183 Å². The number of nitrogens with zero attached hydrogens (tertiary/aromatic N) is 4. The Bertz CT molecular complexity index is 915. The summed E-state index contributed by atoms with van der Waals surface area (Å²) in [6.07, 6.45) is -2.72. The fraction of sp³-hybridized carbons (Fsp3) is 0.500. The standard InChI is InChI=1S/C20H24ClF3N4O3/c1-26-7-6-25-18(26)19(30,20(22,23)24)16(17(29)31-2)13-27-8-10-28(11-9-27)15-5-3-4-14(21)12-15/h3-7,12,16,30H,8-11,13H2,1-2H3/t16-,19-/m0/s1. The van der Waals surface area contributed by atoms with E-state index in [4.69, 9.17) is 11.6 Å². The summed E-state index contributed by atoms with van der Waals surface area (Å²) in [5.41, 5.74) is -2.58. The molecular formula is C20H24ClF3N4O3. The van der Waals surface area contributed by atoms with Crippen molar-refractivity contribution < 1.29 is 27.8 Å². The van der Waals surface area contributed by atoms with Crippen molar-refractivity contribution in [2.45, 2.75) is 11.8 Å². The molecule has 0 radical (unpaired) electrons. The van der Waals surface area contributed by atoms with Crippen LogP contribution in [-0.2, 0) is 22.2 Å². The van der Waals surface area contributed by atoms with E-state index >= 15 is 0 Å². The Morgan fingerprint density at radius 2 is 1.97 bits per heavy atom. The van der Waals surface area contributed by atoms with Gasteiger partial charge in [-0.05, 0) is 18.2 Å². The molecule has 31 heavy (non-hydrogen) atoms. The number of halogens is 4. The second-order valence-electron chi connectivity index (χ2n) is 7.47. The van der Waals surface area contributed by atoms with Gasteiger partial charge in [-0.2, -0.15) is 13.2 Å². The topological polar surface area (TPSA) is 70.8 Å². The summed E-state index contributed by atoms with van der Waals surface area (Å²) in [6.45, 7) is 1.52. The SMILES string of the molecule is COC(=O)[C@H](CN1CCN(c2cccc(Cl)c2)CC1)[C@](O)(c1nccn1C)C(F)(F)F. The lowest BCUT2D eigenvalue weighted by Crippen LogP contribution is -2.58. The number of aromatic nitrogens is 2. The van der Waals surface area contributed by atoms with Crippen LogP contribution in [0.15, 0.2) is 36.7 Å². The van der Waals surface area contributed by atoms with Gasteiger partial charge in [0, 0.05) is 62.9 Å². The van der Waals surface area contributed by atoms with Crippen molar-refractivity contribution in [2.75, 3.05) is 44.7 Å². The lowest BCUT2D eigenvalue weighted by atomic mass is 9.84. The number of aryl methyl sites for hydroxylation is 1. The molecule has 0 saturated carbocycles. The highest BCUT2D eigenvalue weighted by Gasteiger charge is 2.65. The van der Waals surface area contributed by atoms with E-state index in [-0.39, 0.29) is 6.54 Å². The van der Waals surface area contributed by atoms with Gasteiger partial charge in [-0.15, -0.1) is 0 Å². The maximum absolute atomic E-state index is 14.1. The third kappa shape index (κ3) is 4.65. The molecule has 0 spiro atoms. The molecule has 1 N–H and O–H groups in total. The number of carbonyl (C=O) groups excluding carboxylic acids is 1. The molecule has 11 heteroatoms. The van der Waals surface area contributed by atoms with Gasteiger partial charge >= 0.3 is 12.1 Å². The van der Waals surface area contributed by atoms with Crippen molar-refractivity contribution in [2.24, 2.45) is 13.0 Å². The fourth-order valence-corrected chi connectivity index (χ4v) is 4.04. The molecule has 1 saturated heterocycles. The number of benzene rings is 1. The summed E-state index contributed by atoms with van der Waals surface area (Å²) in [7, 11) is 2.33. The van der Waals surface area contributed by atoms with E-state index in [9.17, 15) is 23.1 Å². The molecule has 1 aromatic carbocycles. The quantitative estimate of drug-likeness (QED) is 0.668. The highest BCUT2D eigenvalue weighted by atomic mass is 35.5. The summed E-state index contributed by atoms with van der Waals surface area (Å²) in [6, 6.07) is 7.31. The van der Waals surface area contributed by atoms with Gasteiger partial charge in [-0.1, -0.05) is 17.7 Å². The molecule has 0 unspecified atom stereocenters. The molecule has 2 heterocycles.